The van der Waals surface area contributed by atoms with E-state index >= 15 is 0 Å². The number of imidazole rings is 1. The van der Waals surface area contributed by atoms with Crippen LogP contribution in [0.1, 0.15) is 5.69 Å². The number of aromatic nitrogens is 2. The fourth-order valence-corrected chi connectivity index (χ4v) is 0.459. The van der Waals surface area contributed by atoms with Crippen molar-refractivity contribution in [1.82, 2.24) is 9.97 Å². The molecule has 0 bridgehead atoms. The molecule has 0 aliphatic rings. The molecular weight excluding hydrogens is 193 g/mol. The van der Waals surface area contributed by atoms with E-state index in [1.807, 2.05) is 0 Å². The Labute approximate surface area is 78.1 Å². The first-order valence-electron chi connectivity index (χ1n) is 2.25. The molecule has 1 aromatic heterocycles. The quantitative estimate of drug-likeness (QED) is 0.683. The molecule has 3 nitrogen and oxygen atoms in total. The van der Waals surface area contributed by atoms with Crippen LogP contribution in [0.4, 0.5) is 0 Å². The summed E-state index contributed by atoms with van der Waals surface area (Å²) in [5.74, 6) is 0. The second kappa shape index (κ2) is 4.82. The first-order chi connectivity index (χ1) is 3.93. The van der Waals surface area contributed by atoms with Crippen molar-refractivity contribution in [1.29, 1.82) is 0 Å². The van der Waals surface area contributed by atoms with Gasteiger partial charge in [0.2, 0.25) is 0 Å². The third-order valence-electron chi connectivity index (χ3n) is 0.817. The van der Waals surface area contributed by atoms with Crippen LogP contribution in [-0.4, -0.2) is 16.3 Å². The summed E-state index contributed by atoms with van der Waals surface area (Å²) in [4.78, 5) is 16.2. The zero-order valence-corrected chi connectivity index (χ0v) is 7.63. The summed E-state index contributed by atoms with van der Waals surface area (Å²) in [6, 6.07) is 0. The maximum atomic E-state index is 9.70. The smallest absolute Gasteiger partial charge is 0.0921 e. The van der Waals surface area contributed by atoms with Crippen LogP contribution >= 0.6 is 0 Å². The van der Waals surface area contributed by atoms with E-state index in [2.05, 4.69) is 9.97 Å². The Balaban J connectivity index is 0.000000640. The average Bonchev–Trinajstić information content (AvgIpc) is 2.19. The number of nitrogens with zero attached hydrogens (tertiary/aromatic N) is 1. The molecule has 0 saturated carbocycles. The molecule has 0 unspecified atom stereocenters. The standard InChI is InChI=1S/C5H5N2O.Y/c8-2-1-5-3-6-4-7-5;/h3-4H,1H2,(H,6,7);/q-1;. The Bertz CT molecular complexity index is 161. The number of H-pyrrole nitrogens is 1. The largest absolute Gasteiger partial charge is 0.541 e. The van der Waals surface area contributed by atoms with Gasteiger partial charge in [0.05, 0.1) is 6.33 Å². The minimum atomic E-state index is 0. The number of aromatic amines is 1. The van der Waals surface area contributed by atoms with Crippen molar-refractivity contribution in [2.45, 2.75) is 6.42 Å². The fourth-order valence-electron chi connectivity index (χ4n) is 0.459. The number of carbonyl (C=O) groups excluding carboxylic acids is 1. The molecule has 0 atom stereocenters. The molecule has 1 heterocycles. The molecule has 45 valence electrons. The summed E-state index contributed by atoms with van der Waals surface area (Å²) in [5.41, 5.74) is 0.806. The zero-order chi connectivity index (χ0) is 5.82. The molecule has 0 aliphatic heterocycles. The first kappa shape index (κ1) is 8.98. The van der Waals surface area contributed by atoms with E-state index in [0.717, 1.165) is 5.69 Å². The monoisotopic (exact) mass is 198 g/mol. The molecule has 0 aromatic carbocycles. The molecule has 0 fully saturated rings. The van der Waals surface area contributed by atoms with E-state index in [-0.39, 0.29) is 32.7 Å². The molecule has 0 aliphatic carbocycles. The summed E-state index contributed by atoms with van der Waals surface area (Å²) in [6.45, 7) is 0. The van der Waals surface area contributed by atoms with Gasteiger partial charge in [-0.25, -0.2) is 4.98 Å². The third kappa shape index (κ3) is 2.87. The van der Waals surface area contributed by atoms with E-state index in [9.17, 15) is 4.79 Å². The van der Waals surface area contributed by atoms with Crippen LogP contribution in [-0.2, 0) is 43.9 Å². The van der Waals surface area contributed by atoms with Gasteiger partial charge in [-0.15, -0.1) is 6.42 Å². The molecule has 0 spiro atoms. The molecule has 1 rings (SSSR count). The normalized spacial score (nSPS) is 8.00. The van der Waals surface area contributed by atoms with Gasteiger partial charge in [0.15, 0.2) is 0 Å². The summed E-state index contributed by atoms with van der Waals surface area (Å²) < 4.78 is 0. The molecule has 0 saturated heterocycles. The van der Waals surface area contributed by atoms with Crippen molar-refractivity contribution >= 4 is 6.29 Å². The second-order valence-corrected chi connectivity index (χ2v) is 1.40. The van der Waals surface area contributed by atoms with Gasteiger partial charge in [-0.05, 0) is 0 Å². The topological polar surface area (TPSA) is 45.8 Å². The number of hydrogen-bond donors (Lipinski definition) is 1. The summed E-state index contributed by atoms with van der Waals surface area (Å²) in [5, 5.41) is 0. The molecule has 1 radical (unpaired) electrons. The van der Waals surface area contributed by atoms with E-state index in [1.54, 1.807) is 12.5 Å². The van der Waals surface area contributed by atoms with E-state index in [0.29, 0.717) is 6.42 Å². The second-order valence-electron chi connectivity index (χ2n) is 1.40. The molecule has 1 N–H and O–H groups in total. The number of hydrogen-bond acceptors (Lipinski definition) is 2. The average molecular weight is 198 g/mol. The van der Waals surface area contributed by atoms with Gasteiger partial charge in [-0.2, -0.15) is 0 Å². The van der Waals surface area contributed by atoms with Crippen LogP contribution in [0.25, 0.3) is 0 Å². The van der Waals surface area contributed by atoms with Gasteiger partial charge in [-0.1, -0.05) is 0 Å². The Morgan fingerprint density at radius 2 is 2.56 bits per heavy atom. The molecule has 1 aromatic rings. The van der Waals surface area contributed by atoms with Crippen molar-refractivity contribution in [3.8, 4) is 0 Å². The Kier molecular flexibility index (Phi) is 4.82. The minimum Gasteiger partial charge on any atom is -0.541 e. The predicted octanol–water partition coefficient (Wildman–Crippen LogP) is 0.0594. The van der Waals surface area contributed by atoms with Gasteiger partial charge in [-0.3, -0.25) is 6.29 Å². The van der Waals surface area contributed by atoms with Crippen LogP contribution < -0.4 is 0 Å². The van der Waals surface area contributed by atoms with E-state index in [4.69, 9.17) is 0 Å². The fraction of sp³-hybridized carbons (Fsp3) is 0.200. The van der Waals surface area contributed by atoms with Gasteiger partial charge < -0.3 is 9.78 Å². The maximum Gasteiger partial charge on any atom is 0.0921 e. The van der Waals surface area contributed by atoms with Gasteiger partial charge >= 0.3 is 0 Å². The van der Waals surface area contributed by atoms with Gasteiger partial charge in [0, 0.05) is 44.6 Å². The van der Waals surface area contributed by atoms with Crippen molar-refractivity contribution in [3.05, 3.63) is 18.2 Å². The molecule has 4 heteroatoms. The maximum absolute atomic E-state index is 9.70. The van der Waals surface area contributed by atoms with Crippen LogP contribution in [0.3, 0.4) is 0 Å². The van der Waals surface area contributed by atoms with Crippen molar-refractivity contribution in [3.63, 3.8) is 0 Å². The SMILES string of the molecule is O=[C-]Cc1cnc[nH]1.[Y]. The van der Waals surface area contributed by atoms with Gasteiger partial charge in [0.25, 0.3) is 0 Å². The van der Waals surface area contributed by atoms with Crippen LogP contribution in [0.5, 0.6) is 0 Å². The predicted molar refractivity (Wildman–Crippen MR) is 28.0 cm³/mol. The Morgan fingerprint density at radius 1 is 1.78 bits per heavy atom. The van der Waals surface area contributed by atoms with E-state index in [1.165, 1.54) is 6.33 Å². The third-order valence-corrected chi connectivity index (χ3v) is 0.817. The number of rotatable bonds is 2. The Hall–Kier alpha value is -0.0161. The molecular formula is C5H5N2OY-. The first-order valence-corrected chi connectivity index (χ1v) is 2.25. The summed E-state index contributed by atoms with van der Waals surface area (Å²) in [7, 11) is 0. The molecule has 9 heavy (non-hydrogen) atoms. The zero-order valence-electron chi connectivity index (χ0n) is 4.79. The molecule has 0 amide bonds. The van der Waals surface area contributed by atoms with Crippen LogP contribution in [0.2, 0.25) is 0 Å². The van der Waals surface area contributed by atoms with Crippen LogP contribution in [0.15, 0.2) is 12.5 Å². The van der Waals surface area contributed by atoms with Crippen LogP contribution in [0, 0.1) is 0 Å². The summed E-state index contributed by atoms with van der Waals surface area (Å²) in [6.07, 6.45) is 5.19. The van der Waals surface area contributed by atoms with Crippen molar-refractivity contribution in [2.24, 2.45) is 0 Å². The van der Waals surface area contributed by atoms with E-state index < -0.39 is 0 Å². The minimum absolute atomic E-state index is 0. The number of nitrogens with one attached hydrogen (secondary N) is 1. The van der Waals surface area contributed by atoms with Gasteiger partial charge in [0.1, 0.15) is 0 Å². The summed E-state index contributed by atoms with van der Waals surface area (Å²) >= 11 is 0. The van der Waals surface area contributed by atoms with Crippen molar-refractivity contribution in [2.75, 3.05) is 0 Å². The van der Waals surface area contributed by atoms with Crippen molar-refractivity contribution < 1.29 is 37.5 Å². The Morgan fingerprint density at radius 3 is 3.00 bits per heavy atom.